The summed E-state index contributed by atoms with van der Waals surface area (Å²) in [6.07, 6.45) is 7.17. The first kappa shape index (κ1) is 12.0. The molecule has 0 bridgehead atoms. The van der Waals surface area contributed by atoms with Crippen LogP contribution >= 0.6 is 0 Å². The maximum absolute atomic E-state index is 5.86. The molecule has 0 spiro atoms. The average molecular weight is 268 g/mol. The van der Waals surface area contributed by atoms with Crippen molar-refractivity contribution in [2.75, 3.05) is 5.73 Å². The van der Waals surface area contributed by atoms with E-state index in [0.29, 0.717) is 11.8 Å². The van der Waals surface area contributed by atoms with Crippen molar-refractivity contribution in [2.45, 2.75) is 44.4 Å². The molecule has 2 N–H and O–H groups in total. The Balaban J connectivity index is 1.51. The normalized spacial score (nSPS) is 21.7. The van der Waals surface area contributed by atoms with Gasteiger partial charge in [0.25, 0.3) is 0 Å². The largest absolute Gasteiger partial charge is 0.367 e. The van der Waals surface area contributed by atoms with Crippen LogP contribution in [0.15, 0.2) is 28.8 Å². The standard InChI is InChI=1S/C17H20N2O/c18-17-15-10-14(7-8-16(15)19-20-17)13-5-3-12(4-6-13)9-11-1-2-11/h3-6,11,14H,1-2,7-10,18H2. The number of fused-ring (bicyclic) bond motifs is 1. The van der Waals surface area contributed by atoms with E-state index < -0.39 is 0 Å². The van der Waals surface area contributed by atoms with Crippen LogP contribution < -0.4 is 5.73 Å². The lowest BCUT2D eigenvalue weighted by atomic mass is 9.82. The van der Waals surface area contributed by atoms with Crippen molar-refractivity contribution in [1.82, 2.24) is 5.16 Å². The van der Waals surface area contributed by atoms with E-state index in [4.69, 9.17) is 10.3 Å². The number of anilines is 1. The van der Waals surface area contributed by atoms with Gasteiger partial charge in [0, 0.05) is 5.56 Å². The zero-order chi connectivity index (χ0) is 13.5. The second-order valence-corrected chi connectivity index (χ2v) is 6.30. The van der Waals surface area contributed by atoms with Crippen LogP contribution in [0, 0.1) is 5.92 Å². The molecule has 0 saturated heterocycles. The van der Waals surface area contributed by atoms with Crippen molar-refractivity contribution < 1.29 is 4.52 Å². The van der Waals surface area contributed by atoms with Crippen molar-refractivity contribution in [1.29, 1.82) is 0 Å². The van der Waals surface area contributed by atoms with E-state index in [1.54, 1.807) is 0 Å². The Morgan fingerprint density at radius 1 is 1.15 bits per heavy atom. The van der Waals surface area contributed by atoms with Crippen LogP contribution in [-0.4, -0.2) is 5.16 Å². The lowest BCUT2D eigenvalue weighted by Crippen LogP contribution is -2.13. The van der Waals surface area contributed by atoms with Crippen LogP contribution in [0.25, 0.3) is 0 Å². The highest BCUT2D eigenvalue weighted by molar-refractivity contribution is 5.42. The van der Waals surface area contributed by atoms with Gasteiger partial charge in [-0.25, -0.2) is 0 Å². The molecule has 2 aliphatic carbocycles. The second-order valence-electron chi connectivity index (χ2n) is 6.30. The number of nitrogens with zero attached hydrogens (tertiary/aromatic N) is 1. The number of nitrogens with two attached hydrogens (primary N) is 1. The first-order valence-electron chi connectivity index (χ1n) is 7.61. The molecule has 4 rings (SSSR count). The van der Waals surface area contributed by atoms with Gasteiger partial charge < -0.3 is 10.3 Å². The lowest BCUT2D eigenvalue weighted by Gasteiger charge is -2.21. The fraction of sp³-hybridized carbons (Fsp3) is 0.471. The summed E-state index contributed by atoms with van der Waals surface area (Å²) in [6.45, 7) is 0. The van der Waals surface area contributed by atoms with Crippen molar-refractivity contribution in [3.63, 3.8) is 0 Å². The number of aromatic nitrogens is 1. The van der Waals surface area contributed by atoms with E-state index in [2.05, 4.69) is 29.4 Å². The lowest BCUT2D eigenvalue weighted by molar-refractivity contribution is 0.426. The van der Waals surface area contributed by atoms with Crippen molar-refractivity contribution in [3.8, 4) is 0 Å². The smallest absolute Gasteiger partial charge is 0.225 e. The molecular formula is C17H20N2O. The fourth-order valence-corrected chi connectivity index (χ4v) is 3.30. The molecule has 1 fully saturated rings. The predicted octanol–water partition coefficient (Wildman–Crippen LogP) is 3.48. The van der Waals surface area contributed by atoms with Gasteiger partial charge in [-0.3, -0.25) is 0 Å². The van der Waals surface area contributed by atoms with Gasteiger partial charge in [-0.1, -0.05) is 29.4 Å². The number of benzene rings is 1. The van der Waals surface area contributed by atoms with E-state index >= 15 is 0 Å². The highest BCUT2D eigenvalue weighted by Crippen LogP contribution is 2.36. The minimum absolute atomic E-state index is 0.509. The summed E-state index contributed by atoms with van der Waals surface area (Å²) < 4.78 is 5.10. The predicted molar refractivity (Wildman–Crippen MR) is 78.6 cm³/mol. The molecule has 1 heterocycles. The van der Waals surface area contributed by atoms with Gasteiger partial charge in [0.15, 0.2) is 0 Å². The van der Waals surface area contributed by atoms with Crippen molar-refractivity contribution in [2.24, 2.45) is 5.92 Å². The third kappa shape index (κ3) is 2.21. The summed E-state index contributed by atoms with van der Waals surface area (Å²) in [7, 11) is 0. The molecule has 3 nitrogen and oxygen atoms in total. The molecule has 1 atom stereocenters. The zero-order valence-electron chi connectivity index (χ0n) is 11.6. The quantitative estimate of drug-likeness (QED) is 0.927. The van der Waals surface area contributed by atoms with Gasteiger partial charge in [-0.2, -0.15) is 0 Å². The Kier molecular flexibility index (Phi) is 2.79. The third-order valence-corrected chi connectivity index (χ3v) is 4.75. The average Bonchev–Trinajstić information content (AvgIpc) is 3.22. The molecular weight excluding hydrogens is 248 g/mol. The van der Waals surface area contributed by atoms with Gasteiger partial charge >= 0.3 is 0 Å². The molecule has 0 radical (unpaired) electrons. The van der Waals surface area contributed by atoms with Crippen LogP contribution in [0.1, 0.15) is 47.6 Å². The molecule has 2 aliphatic rings. The Morgan fingerprint density at radius 3 is 2.70 bits per heavy atom. The van der Waals surface area contributed by atoms with Crippen LogP contribution in [0.2, 0.25) is 0 Å². The van der Waals surface area contributed by atoms with Crippen LogP contribution in [-0.2, 0) is 19.3 Å². The van der Waals surface area contributed by atoms with Crippen molar-refractivity contribution in [3.05, 3.63) is 46.6 Å². The third-order valence-electron chi connectivity index (χ3n) is 4.75. The van der Waals surface area contributed by atoms with Gasteiger partial charge in [0.1, 0.15) is 0 Å². The van der Waals surface area contributed by atoms with Crippen LogP contribution in [0.4, 0.5) is 5.88 Å². The molecule has 0 aliphatic heterocycles. The van der Waals surface area contributed by atoms with Crippen LogP contribution in [0.5, 0.6) is 0 Å². The minimum atomic E-state index is 0.509. The van der Waals surface area contributed by atoms with Gasteiger partial charge in [-0.15, -0.1) is 0 Å². The topological polar surface area (TPSA) is 52.0 Å². The highest BCUT2D eigenvalue weighted by atomic mass is 16.5. The first-order valence-corrected chi connectivity index (χ1v) is 7.61. The Morgan fingerprint density at radius 2 is 1.95 bits per heavy atom. The van der Waals surface area contributed by atoms with E-state index in [1.165, 1.54) is 30.4 Å². The fourth-order valence-electron chi connectivity index (χ4n) is 3.30. The summed E-state index contributed by atoms with van der Waals surface area (Å²) in [6, 6.07) is 9.22. The highest BCUT2D eigenvalue weighted by Gasteiger charge is 2.26. The molecule has 1 unspecified atom stereocenters. The monoisotopic (exact) mass is 268 g/mol. The number of aryl methyl sites for hydroxylation is 1. The Labute approximate surface area is 119 Å². The number of hydrogen-bond acceptors (Lipinski definition) is 3. The molecule has 3 heteroatoms. The molecule has 1 aromatic carbocycles. The number of nitrogen functional groups attached to an aromatic ring is 1. The Bertz CT molecular complexity index is 610. The number of rotatable bonds is 3. The van der Waals surface area contributed by atoms with E-state index in [-0.39, 0.29) is 0 Å². The molecule has 0 amide bonds. The van der Waals surface area contributed by atoms with Crippen molar-refractivity contribution >= 4 is 5.88 Å². The second kappa shape index (κ2) is 4.65. The SMILES string of the molecule is Nc1onc2c1CC(c1ccc(CC3CC3)cc1)CC2. The number of hydrogen-bond donors (Lipinski definition) is 1. The summed E-state index contributed by atoms with van der Waals surface area (Å²) in [5.41, 5.74) is 11.0. The van der Waals surface area contributed by atoms with E-state index in [9.17, 15) is 0 Å². The van der Waals surface area contributed by atoms with Crippen LogP contribution in [0.3, 0.4) is 0 Å². The summed E-state index contributed by atoms with van der Waals surface area (Å²) in [5, 5.41) is 4.04. The maximum atomic E-state index is 5.86. The summed E-state index contributed by atoms with van der Waals surface area (Å²) in [5.74, 6) is 2.02. The van der Waals surface area contributed by atoms with Gasteiger partial charge in [0.2, 0.25) is 5.88 Å². The summed E-state index contributed by atoms with van der Waals surface area (Å²) in [4.78, 5) is 0. The van der Waals surface area contributed by atoms with Gasteiger partial charge in [-0.05, 0) is 61.5 Å². The van der Waals surface area contributed by atoms with E-state index in [0.717, 1.165) is 36.4 Å². The molecule has 104 valence electrons. The van der Waals surface area contributed by atoms with Gasteiger partial charge in [0.05, 0.1) is 5.69 Å². The maximum Gasteiger partial charge on any atom is 0.225 e. The van der Waals surface area contributed by atoms with E-state index in [1.807, 2.05) is 0 Å². The zero-order valence-corrected chi connectivity index (χ0v) is 11.6. The Hall–Kier alpha value is -1.77. The minimum Gasteiger partial charge on any atom is -0.367 e. The molecule has 2 aromatic rings. The summed E-state index contributed by atoms with van der Waals surface area (Å²) >= 11 is 0. The molecule has 1 aromatic heterocycles. The molecule has 1 saturated carbocycles. The first-order chi connectivity index (χ1) is 9.79. The molecule has 20 heavy (non-hydrogen) atoms.